The highest BCUT2D eigenvalue weighted by atomic mass is 16.5. The van der Waals surface area contributed by atoms with Crippen molar-refractivity contribution in [3.8, 4) is 11.1 Å². The van der Waals surface area contributed by atoms with Crippen LogP contribution in [0.2, 0.25) is 0 Å². The molecular formula is C35H35BO. The van der Waals surface area contributed by atoms with Crippen molar-refractivity contribution in [3.63, 3.8) is 0 Å². The van der Waals surface area contributed by atoms with Crippen molar-refractivity contribution in [1.29, 1.82) is 0 Å². The summed E-state index contributed by atoms with van der Waals surface area (Å²) in [7, 11) is 0.632. The van der Waals surface area contributed by atoms with Gasteiger partial charge in [0.05, 0.1) is 5.60 Å². The summed E-state index contributed by atoms with van der Waals surface area (Å²) in [5.41, 5.74) is 15.2. The standard InChI is InChI=1S/C35H35BO/c1-34(2,3)35(4,5)37-36-31-18-12-17-25-21-29-27(33(25)31)20-19-26-30(29)22-28(23-13-8-6-9-14-23)32(26)24-15-10-7-11-16-24/h6-20,36H,21-22H2,1-5H3. The van der Waals surface area contributed by atoms with Gasteiger partial charge in [-0.2, -0.15) is 0 Å². The average Bonchev–Trinajstić information content (AvgIpc) is 3.47. The Kier molecular flexibility index (Phi) is 5.77. The Morgan fingerprint density at radius 1 is 0.622 bits per heavy atom. The van der Waals surface area contributed by atoms with Gasteiger partial charge in [-0.05, 0) is 93.2 Å². The fourth-order valence-corrected chi connectivity index (χ4v) is 5.75. The molecule has 0 bridgehead atoms. The second-order valence-corrected chi connectivity index (χ2v) is 12.1. The molecule has 184 valence electrons. The molecule has 2 aliphatic carbocycles. The molecule has 2 heteroatoms. The summed E-state index contributed by atoms with van der Waals surface area (Å²) in [5.74, 6) is 0. The number of benzene rings is 4. The molecule has 0 heterocycles. The van der Waals surface area contributed by atoms with Crippen LogP contribution in [-0.2, 0) is 17.5 Å². The Morgan fingerprint density at radius 2 is 1.24 bits per heavy atom. The number of hydrogen-bond donors (Lipinski definition) is 0. The van der Waals surface area contributed by atoms with E-state index in [9.17, 15) is 0 Å². The molecule has 0 unspecified atom stereocenters. The van der Waals surface area contributed by atoms with Gasteiger partial charge in [0.1, 0.15) is 0 Å². The fourth-order valence-electron chi connectivity index (χ4n) is 5.75. The molecule has 0 spiro atoms. The predicted molar refractivity (Wildman–Crippen MR) is 159 cm³/mol. The van der Waals surface area contributed by atoms with E-state index in [4.69, 9.17) is 4.65 Å². The van der Waals surface area contributed by atoms with E-state index in [1.807, 2.05) is 0 Å². The Bertz CT molecular complexity index is 1500. The molecule has 1 nitrogen and oxygen atoms in total. The van der Waals surface area contributed by atoms with Crippen molar-refractivity contribution in [1.82, 2.24) is 0 Å². The molecule has 0 amide bonds. The van der Waals surface area contributed by atoms with E-state index >= 15 is 0 Å². The zero-order valence-electron chi connectivity index (χ0n) is 22.7. The SMILES string of the molecule is CC(C)(C)C(C)(C)OBc1cccc2c1-c1ccc3c(c1C2)CC(c1ccccc1)=C3c1ccccc1. The zero-order chi connectivity index (χ0) is 25.8. The van der Waals surface area contributed by atoms with Crippen LogP contribution in [0.4, 0.5) is 0 Å². The second-order valence-electron chi connectivity index (χ2n) is 12.1. The minimum absolute atomic E-state index is 0.0665. The van der Waals surface area contributed by atoms with Crippen LogP contribution in [0, 0.1) is 5.41 Å². The molecule has 0 saturated heterocycles. The predicted octanol–water partition coefficient (Wildman–Crippen LogP) is 7.59. The summed E-state index contributed by atoms with van der Waals surface area (Å²) >= 11 is 0. The summed E-state index contributed by atoms with van der Waals surface area (Å²) in [6.45, 7) is 11.2. The lowest BCUT2D eigenvalue weighted by Crippen LogP contribution is -2.42. The smallest absolute Gasteiger partial charge is 0.309 e. The molecule has 0 N–H and O–H groups in total. The monoisotopic (exact) mass is 482 g/mol. The van der Waals surface area contributed by atoms with Crippen LogP contribution in [0.3, 0.4) is 0 Å². The van der Waals surface area contributed by atoms with Crippen LogP contribution >= 0.6 is 0 Å². The van der Waals surface area contributed by atoms with Crippen molar-refractivity contribution < 1.29 is 4.65 Å². The average molecular weight is 482 g/mol. The van der Waals surface area contributed by atoms with E-state index in [1.165, 1.54) is 61.1 Å². The molecule has 0 aliphatic heterocycles. The third kappa shape index (κ3) is 4.08. The van der Waals surface area contributed by atoms with Crippen LogP contribution in [-0.4, -0.2) is 13.1 Å². The highest BCUT2D eigenvalue weighted by molar-refractivity contribution is 6.50. The van der Waals surface area contributed by atoms with E-state index in [0.29, 0.717) is 7.48 Å². The molecule has 4 aromatic rings. The number of rotatable bonds is 5. The number of hydrogen-bond acceptors (Lipinski definition) is 1. The van der Waals surface area contributed by atoms with E-state index in [-0.39, 0.29) is 11.0 Å². The van der Waals surface area contributed by atoms with Gasteiger partial charge in [-0.1, -0.05) is 112 Å². The van der Waals surface area contributed by atoms with E-state index < -0.39 is 0 Å². The summed E-state index contributed by atoms with van der Waals surface area (Å²) in [4.78, 5) is 0. The molecule has 0 radical (unpaired) electrons. The van der Waals surface area contributed by atoms with Gasteiger partial charge in [0, 0.05) is 0 Å². The van der Waals surface area contributed by atoms with Gasteiger partial charge in [-0.3, -0.25) is 0 Å². The molecule has 0 saturated carbocycles. The van der Waals surface area contributed by atoms with Gasteiger partial charge in [-0.15, -0.1) is 0 Å². The lowest BCUT2D eigenvalue weighted by molar-refractivity contribution is 0.00506. The minimum atomic E-state index is -0.214. The van der Waals surface area contributed by atoms with Crippen molar-refractivity contribution in [2.24, 2.45) is 5.41 Å². The lowest BCUT2D eigenvalue weighted by atomic mass is 9.75. The first-order valence-electron chi connectivity index (χ1n) is 13.5. The van der Waals surface area contributed by atoms with Gasteiger partial charge in [0.25, 0.3) is 0 Å². The normalized spacial score (nSPS) is 14.4. The zero-order valence-corrected chi connectivity index (χ0v) is 22.7. The number of fused-ring (bicyclic) bond motifs is 5. The Balaban J connectivity index is 1.43. The maximum Gasteiger partial charge on any atom is 0.309 e. The van der Waals surface area contributed by atoms with Gasteiger partial charge in [-0.25, -0.2) is 0 Å². The maximum absolute atomic E-state index is 6.55. The van der Waals surface area contributed by atoms with Crippen LogP contribution in [0.1, 0.15) is 68.0 Å². The first-order chi connectivity index (χ1) is 17.7. The van der Waals surface area contributed by atoms with Crippen LogP contribution in [0.5, 0.6) is 0 Å². The third-order valence-electron chi connectivity index (χ3n) is 8.81. The van der Waals surface area contributed by atoms with Gasteiger partial charge < -0.3 is 4.65 Å². The molecule has 0 aromatic heterocycles. The molecule has 4 aromatic carbocycles. The van der Waals surface area contributed by atoms with E-state index in [2.05, 4.69) is 126 Å². The van der Waals surface area contributed by atoms with Crippen molar-refractivity contribution >= 4 is 24.1 Å². The van der Waals surface area contributed by atoms with Crippen molar-refractivity contribution in [2.75, 3.05) is 0 Å². The molecular weight excluding hydrogens is 447 g/mol. The van der Waals surface area contributed by atoms with Crippen LogP contribution in [0.25, 0.3) is 22.3 Å². The van der Waals surface area contributed by atoms with Gasteiger partial charge in [0.2, 0.25) is 0 Å². The quantitative estimate of drug-likeness (QED) is 0.235. The summed E-state index contributed by atoms with van der Waals surface area (Å²) in [6.07, 6.45) is 1.97. The lowest BCUT2D eigenvalue weighted by Gasteiger charge is -2.39. The first-order valence-corrected chi connectivity index (χ1v) is 13.5. The summed E-state index contributed by atoms with van der Waals surface area (Å²) < 4.78 is 6.55. The van der Waals surface area contributed by atoms with Crippen LogP contribution in [0.15, 0.2) is 91.0 Å². The Labute approximate surface area is 222 Å². The molecule has 0 fully saturated rings. The first kappa shape index (κ1) is 24.0. The minimum Gasteiger partial charge on any atom is -0.429 e. The number of allylic oxidation sites excluding steroid dienone is 1. The van der Waals surface area contributed by atoms with Crippen molar-refractivity contribution in [3.05, 3.63) is 124 Å². The molecule has 2 aliphatic rings. The highest BCUT2D eigenvalue weighted by Gasteiger charge is 2.35. The summed E-state index contributed by atoms with van der Waals surface area (Å²) in [5, 5.41) is 0. The van der Waals surface area contributed by atoms with Gasteiger partial charge in [0.15, 0.2) is 0 Å². The second kappa shape index (κ2) is 8.89. The van der Waals surface area contributed by atoms with Crippen molar-refractivity contribution in [2.45, 2.75) is 53.1 Å². The highest BCUT2D eigenvalue weighted by Crippen LogP contribution is 2.48. The van der Waals surface area contributed by atoms with Gasteiger partial charge >= 0.3 is 7.48 Å². The Morgan fingerprint density at radius 3 is 1.92 bits per heavy atom. The third-order valence-corrected chi connectivity index (χ3v) is 8.81. The van der Waals surface area contributed by atoms with E-state index in [1.54, 1.807) is 0 Å². The molecule has 37 heavy (non-hydrogen) atoms. The fraction of sp³-hybridized carbons (Fsp3) is 0.257. The van der Waals surface area contributed by atoms with E-state index in [0.717, 1.165) is 12.8 Å². The topological polar surface area (TPSA) is 9.23 Å². The largest absolute Gasteiger partial charge is 0.429 e. The summed E-state index contributed by atoms with van der Waals surface area (Å²) in [6, 6.07) is 33.3. The maximum atomic E-state index is 6.55. The molecule has 0 atom stereocenters. The molecule has 6 rings (SSSR count). The Hall–Kier alpha value is -3.36. The van der Waals surface area contributed by atoms with Crippen LogP contribution < -0.4 is 5.46 Å².